The standard InChI is InChI=1S/C14H13Cl2NO3/c1-14(2,3)20-13(19)17-11-5-4-8(15)6-9(11)10(7-18)12(17)16/h4-7H,1-3H3. The van der Waals surface area contributed by atoms with Crippen LogP contribution in [0.5, 0.6) is 0 Å². The summed E-state index contributed by atoms with van der Waals surface area (Å²) in [7, 11) is 0. The SMILES string of the molecule is CC(C)(C)OC(=O)n1c(Cl)c(C=O)c2cc(Cl)ccc21. The number of benzene rings is 1. The van der Waals surface area contributed by atoms with E-state index in [1.165, 1.54) is 4.57 Å². The van der Waals surface area contributed by atoms with Crippen molar-refractivity contribution in [2.45, 2.75) is 26.4 Å². The van der Waals surface area contributed by atoms with Gasteiger partial charge >= 0.3 is 6.09 Å². The minimum atomic E-state index is -0.662. The molecule has 106 valence electrons. The predicted octanol–water partition coefficient (Wildman–Crippen LogP) is 4.54. The molecule has 0 atom stereocenters. The fraction of sp³-hybridized carbons (Fsp3) is 0.286. The van der Waals surface area contributed by atoms with Gasteiger partial charge in [0.15, 0.2) is 6.29 Å². The first kappa shape index (κ1) is 14.9. The lowest BCUT2D eigenvalue weighted by Crippen LogP contribution is -2.27. The van der Waals surface area contributed by atoms with E-state index in [4.69, 9.17) is 27.9 Å². The first-order valence-electron chi connectivity index (χ1n) is 5.92. The first-order valence-corrected chi connectivity index (χ1v) is 6.68. The number of hydrogen-bond acceptors (Lipinski definition) is 3. The molecule has 2 rings (SSSR count). The van der Waals surface area contributed by atoms with Crippen molar-refractivity contribution in [1.29, 1.82) is 0 Å². The summed E-state index contributed by atoms with van der Waals surface area (Å²) in [6, 6.07) is 4.84. The zero-order valence-electron chi connectivity index (χ0n) is 11.2. The van der Waals surface area contributed by atoms with Gasteiger partial charge in [-0.15, -0.1) is 0 Å². The Morgan fingerprint density at radius 1 is 1.30 bits per heavy atom. The molecule has 0 aliphatic heterocycles. The van der Waals surface area contributed by atoms with Crippen LogP contribution in [0.25, 0.3) is 10.9 Å². The summed E-state index contributed by atoms with van der Waals surface area (Å²) in [6.45, 7) is 5.26. The second-order valence-electron chi connectivity index (χ2n) is 5.30. The van der Waals surface area contributed by atoms with Crippen LogP contribution in [0.3, 0.4) is 0 Å². The smallest absolute Gasteiger partial charge is 0.420 e. The second kappa shape index (κ2) is 5.11. The van der Waals surface area contributed by atoms with Gasteiger partial charge in [-0.2, -0.15) is 0 Å². The molecular weight excluding hydrogens is 301 g/mol. The number of fused-ring (bicyclic) bond motifs is 1. The van der Waals surface area contributed by atoms with E-state index in [2.05, 4.69) is 0 Å². The van der Waals surface area contributed by atoms with E-state index < -0.39 is 11.7 Å². The third-order valence-electron chi connectivity index (χ3n) is 2.60. The fourth-order valence-electron chi connectivity index (χ4n) is 1.85. The maximum Gasteiger partial charge on any atom is 0.420 e. The summed E-state index contributed by atoms with van der Waals surface area (Å²) >= 11 is 12.0. The maximum atomic E-state index is 12.2. The number of carbonyl (C=O) groups is 2. The van der Waals surface area contributed by atoms with Crippen LogP contribution >= 0.6 is 23.2 Å². The summed E-state index contributed by atoms with van der Waals surface area (Å²) in [5.74, 6) is 0. The molecule has 20 heavy (non-hydrogen) atoms. The van der Waals surface area contributed by atoms with Crippen molar-refractivity contribution < 1.29 is 14.3 Å². The lowest BCUT2D eigenvalue weighted by atomic mass is 10.2. The van der Waals surface area contributed by atoms with Gasteiger partial charge < -0.3 is 4.74 Å². The zero-order chi connectivity index (χ0) is 15.1. The Bertz CT molecular complexity index is 698. The van der Waals surface area contributed by atoms with E-state index in [9.17, 15) is 9.59 Å². The normalized spacial score (nSPS) is 11.7. The second-order valence-corrected chi connectivity index (χ2v) is 6.09. The molecule has 0 bridgehead atoms. The van der Waals surface area contributed by atoms with Gasteiger partial charge in [0.05, 0.1) is 11.1 Å². The molecule has 0 aliphatic rings. The number of halogens is 2. The Kier molecular flexibility index (Phi) is 3.80. The Hall–Kier alpha value is -1.52. The summed E-state index contributed by atoms with van der Waals surface area (Å²) in [4.78, 5) is 23.4. The molecule has 0 aliphatic carbocycles. The highest BCUT2D eigenvalue weighted by Gasteiger charge is 2.24. The number of aromatic nitrogens is 1. The van der Waals surface area contributed by atoms with E-state index >= 15 is 0 Å². The average molecular weight is 314 g/mol. The van der Waals surface area contributed by atoms with Crippen LogP contribution in [0.15, 0.2) is 18.2 Å². The molecule has 0 amide bonds. The molecule has 0 spiro atoms. The van der Waals surface area contributed by atoms with E-state index in [0.717, 1.165) is 0 Å². The van der Waals surface area contributed by atoms with Crippen molar-refractivity contribution in [2.24, 2.45) is 0 Å². The number of aldehydes is 1. The lowest BCUT2D eigenvalue weighted by Gasteiger charge is -2.20. The van der Waals surface area contributed by atoms with Crippen LogP contribution < -0.4 is 0 Å². The van der Waals surface area contributed by atoms with Crippen molar-refractivity contribution in [3.63, 3.8) is 0 Å². The van der Waals surface area contributed by atoms with E-state index in [-0.39, 0.29) is 10.7 Å². The summed E-state index contributed by atoms with van der Waals surface area (Å²) in [5, 5.41) is 0.994. The summed E-state index contributed by atoms with van der Waals surface area (Å²) in [5.41, 5.74) is 0.0379. The van der Waals surface area contributed by atoms with Crippen molar-refractivity contribution >= 4 is 46.5 Å². The fourth-order valence-corrected chi connectivity index (χ4v) is 2.33. The van der Waals surface area contributed by atoms with Gasteiger partial charge in [0, 0.05) is 10.4 Å². The topological polar surface area (TPSA) is 48.3 Å². The Labute approximate surface area is 126 Å². The minimum Gasteiger partial charge on any atom is -0.443 e. The van der Waals surface area contributed by atoms with Gasteiger partial charge in [-0.25, -0.2) is 9.36 Å². The zero-order valence-corrected chi connectivity index (χ0v) is 12.7. The average Bonchev–Trinajstić information content (AvgIpc) is 2.57. The molecule has 0 N–H and O–H groups in total. The summed E-state index contributed by atoms with van der Waals surface area (Å²) < 4.78 is 6.46. The first-order chi connectivity index (χ1) is 9.24. The number of nitrogens with zero attached hydrogens (tertiary/aromatic N) is 1. The summed E-state index contributed by atoms with van der Waals surface area (Å²) in [6.07, 6.45) is -0.0371. The maximum absolute atomic E-state index is 12.2. The predicted molar refractivity (Wildman–Crippen MR) is 79.0 cm³/mol. The highest BCUT2D eigenvalue weighted by molar-refractivity contribution is 6.36. The lowest BCUT2D eigenvalue weighted by molar-refractivity contribution is 0.0545. The molecule has 2 aromatic rings. The third-order valence-corrected chi connectivity index (χ3v) is 3.21. The number of hydrogen-bond donors (Lipinski definition) is 0. The van der Waals surface area contributed by atoms with Crippen LogP contribution in [0.4, 0.5) is 4.79 Å². The van der Waals surface area contributed by atoms with Gasteiger partial charge in [0.25, 0.3) is 0 Å². The van der Waals surface area contributed by atoms with Gasteiger partial charge in [-0.3, -0.25) is 4.79 Å². The minimum absolute atomic E-state index is 0.0199. The Morgan fingerprint density at radius 2 is 1.95 bits per heavy atom. The Balaban J connectivity index is 2.67. The molecular formula is C14H13Cl2NO3. The van der Waals surface area contributed by atoms with Crippen molar-refractivity contribution in [3.8, 4) is 0 Å². The Morgan fingerprint density at radius 3 is 2.50 bits per heavy atom. The van der Waals surface area contributed by atoms with Gasteiger partial charge in [-0.1, -0.05) is 23.2 Å². The van der Waals surface area contributed by atoms with Crippen molar-refractivity contribution in [1.82, 2.24) is 4.57 Å². The molecule has 0 fully saturated rings. The van der Waals surface area contributed by atoms with Crippen molar-refractivity contribution in [3.05, 3.63) is 33.9 Å². The molecule has 0 saturated heterocycles. The van der Waals surface area contributed by atoms with Gasteiger partial charge in [0.2, 0.25) is 0 Å². The largest absolute Gasteiger partial charge is 0.443 e. The molecule has 1 aromatic heterocycles. The van der Waals surface area contributed by atoms with Crippen LogP contribution in [-0.2, 0) is 4.74 Å². The van der Waals surface area contributed by atoms with Crippen LogP contribution in [0, 0.1) is 0 Å². The van der Waals surface area contributed by atoms with E-state index in [1.54, 1.807) is 39.0 Å². The molecule has 0 unspecified atom stereocenters. The third kappa shape index (κ3) is 2.67. The molecule has 0 saturated carbocycles. The number of carbonyl (C=O) groups excluding carboxylic acids is 2. The van der Waals surface area contributed by atoms with Gasteiger partial charge in [0.1, 0.15) is 10.8 Å². The number of ether oxygens (including phenoxy) is 1. The van der Waals surface area contributed by atoms with Crippen LogP contribution in [-0.4, -0.2) is 22.5 Å². The molecule has 1 aromatic carbocycles. The molecule has 6 heteroatoms. The molecule has 1 heterocycles. The quantitative estimate of drug-likeness (QED) is 0.726. The van der Waals surface area contributed by atoms with E-state index in [0.29, 0.717) is 22.2 Å². The van der Waals surface area contributed by atoms with E-state index in [1.807, 2.05) is 0 Å². The molecule has 4 nitrogen and oxygen atoms in total. The number of rotatable bonds is 1. The highest BCUT2D eigenvalue weighted by Crippen LogP contribution is 2.31. The highest BCUT2D eigenvalue weighted by atomic mass is 35.5. The monoisotopic (exact) mass is 313 g/mol. The van der Waals surface area contributed by atoms with Crippen LogP contribution in [0.2, 0.25) is 10.2 Å². The van der Waals surface area contributed by atoms with Gasteiger partial charge in [-0.05, 0) is 39.0 Å². The van der Waals surface area contributed by atoms with Crippen LogP contribution in [0.1, 0.15) is 31.1 Å². The van der Waals surface area contributed by atoms with Crippen molar-refractivity contribution in [2.75, 3.05) is 0 Å². The molecule has 0 radical (unpaired) electrons.